The Morgan fingerprint density at radius 1 is 1.22 bits per heavy atom. The zero-order valence-corrected chi connectivity index (χ0v) is 17.1. The van der Waals surface area contributed by atoms with E-state index in [0.717, 1.165) is 30.9 Å². The van der Waals surface area contributed by atoms with Crippen molar-refractivity contribution in [3.8, 4) is 0 Å². The molecule has 1 rings (SSSR count). The summed E-state index contributed by atoms with van der Waals surface area (Å²) in [4.78, 5) is 5.97. The summed E-state index contributed by atoms with van der Waals surface area (Å²) >= 11 is 0. The lowest BCUT2D eigenvalue weighted by atomic mass is 10.0. The number of hydrogen-bond donors (Lipinski definition) is 2. The van der Waals surface area contributed by atoms with E-state index in [0.29, 0.717) is 18.2 Å². The number of benzene rings is 1. The van der Waals surface area contributed by atoms with Crippen LogP contribution in [0.2, 0.25) is 0 Å². The highest BCUT2D eigenvalue weighted by Gasteiger charge is 2.07. The summed E-state index contributed by atoms with van der Waals surface area (Å²) in [5.74, 6) is 1.20. The van der Waals surface area contributed by atoms with Crippen molar-refractivity contribution < 1.29 is 4.39 Å². The molecule has 1 aromatic carbocycles. The number of rotatable bonds is 7. The van der Waals surface area contributed by atoms with Crippen molar-refractivity contribution in [2.45, 2.75) is 33.2 Å². The molecule has 4 nitrogen and oxygen atoms in total. The normalized spacial score (nSPS) is 11.2. The van der Waals surface area contributed by atoms with E-state index in [1.807, 2.05) is 20.2 Å². The molecule has 132 valence electrons. The van der Waals surface area contributed by atoms with Crippen LogP contribution in [-0.2, 0) is 6.54 Å². The maximum absolute atomic E-state index is 13.9. The Labute approximate surface area is 157 Å². The minimum atomic E-state index is -0.204. The lowest BCUT2D eigenvalue weighted by molar-refractivity contribution is 0.481. The molecular formula is C17H30FIN4. The average molecular weight is 436 g/mol. The van der Waals surface area contributed by atoms with Crippen LogP contribution in [0.25, 0.3) is 0 Å². The minimum absolute atomic E-state index is 0. The number of aliphatic imine (C=N–C) groups is 1. The zero-order valence-electron chi connectivity index (χ0n) is 14.8. The second kappa shape index (κ2) is 11.5. The van der Waals surface area contributed by atoms with Crippen molar-refractivity contribution >= 4 is 35.6 Å². The van der Waals surface area contributed by atoms with Gasteiger partial charge in [-0.05, 0) is 23.6 Å². The average Bonchev–Trinajstić information content (AvgIpc) is 2.50. The number of hydrogen-bond acceptors (Lipinski definition) is 2. The second-order valence-corrected chi connectivity index (χ2v) is 5.67. The molecule has 6 heteroatoms. The number of halogens is 2. The van der Waals surface area contributed by atoms with Gasteiger partial charge in [-0.25, -0.2) is 4.39 Å². The molecular weight excluding hydrogens is 406 g/mol. The summed E-state index contributed by atoms with van der Waals surface area (Å²) in [6.07, 6.45) is 2.30. The Morgan fingerprint density at radius 3 is 2.35 bits per heavy atom. The van der Waals surface area contributed by atoms with Crippen LogP contribution in [-0.4, -0.2) is 33.6 Å². The molecule has 0 aliphatic carbocycles. The molecule has 0 aliphatic rings. The predicted octanol–water partition coefficient (Wildman–Crippen LogP) is 3.61. The number of anilines is 1. The van der Waals surface area contributed by atoms with Crippen LogP contribution in [0.3, 0.4) is 0 Å². The Kier molecular flexibility index (Phi) is 11.0. The lowest BCUT2D eigenvalue weighted by Crippen LogP contribution is -2.39. The SMILES string of the molecule is CCC(CC)CNC(=NC)NCc1ccc(N(C)C)c(F)c1.I. The first-order valence-corrected chi connectivity index (χ1v) is 7.92. The summed E-state index contributed by atoms with van der Waals surface area (Å²) < 4.78 is 13.9. The maximum Gasteiger partial charge on any atom is 0.191 e. The third-order valence-corrected chi connectivity index (χ3v) is 3.89. The highest BCUT2D eigenvalue weighted by atomic mass is 127. The molecule has 0 saturated carbocycles. The monoisotopic (exact) mass is 436 g/mol. The number of guanidine groups is 1. The fraction of sp³-hybridized carbons (Fsp3) is 0.588. The first kappa shape index (κ1) is 21.9. The van der Waals surface area contributed by atoms with Gasteiger partial charge in [-0.2, -0.15) is 0 Å². The van der Waals surface area contributed by atoms with Gasteiger partial charge in [-0.15, -0.1) is 24.0 Å². The van der Waals surface area contributed by atoms with Gasteiger partial charge in [-0.3, -0.25) is 4.99 Å². The molecule has 0 saturated heterocycles. The third-order valence-electron chi connectivity index (χ3n) is 3.89. The molecule has 0 aromatic heterocycles. The molecule has 0 spiro atoms. The molecule has 0 atom stereocenters. The number of nitrogens with zero attached hydrogens (tertiary/aromatic N) is 2. The van der Waals surface area contributed by atoms with E-state index >= 15 is 0 Å². The predicted molar refractivity (Wildman–Crippen MR) is 108 cm³/mol. The van der Waals surface area contributed by atoms with Crippen LogP contribution in [0.4, 0.5) is 10.1 Å². The maximum atomic E-state index is 13.9. The van der Waals surface area contributed by atoms with E-state index in [9.17, 15) is 4.39 Å². The minimum Gasteiger partial charge on any atom is -0.375 e. The standard InChI is InChI=1S/C17H29FN4.HI/c1-6-13(7-2)11-20-17(19-3)21-12-14-8-9-16(22(4)5)15(18)10-14;/h8-10,13H,6-7,11-12H2,1-5H3,(H2,19,20,21);1H. The van der Waals surface area contributed by atoms with Gasteiger partial charge in [0.15, 0.2) is 5.96 Å². The van der Waals surface area contributed by atoms with E-state index < -0.39 is 0 Å². The molecule has 1 aromatic rings. The van der Waals surface area contributed by atoms with Gasteiger partial charge < -0.3 is 15.5 Å². The van der Waals surface area contributed by atoms with Crippen molar-refractivity contribution in [3.05, 3.63) is 29.6 Å². The van der Waals surface area contributed by atoms with E-state index in [2.05, 4.69) is 29.5 Å². The Morgan fingerprint density at radius 2 is 1.87 bits per heavy atom. The summed E-state index contributed by atoms with van der Waals surface area (Å²) in [5, 5.41) is 6.55. The van der Waals surface area contributed by atoms with Crippen LogP contribution in [0.5, 0.6) is 0 Å². The Hall–Kier alpha value is -1.05. The zero-order chi connectivity index (χ0) is 16.5. The van der Waals surface area contributed by atoms with Crippen molar-refractivity contribution in [3.63, 3.8) is 0 Å². The van der Waals surface area contributed by atoms with Crippen molar-refractivity contribution in [1.29, 1.82) is 0 Å². The van der Waals surface area contributed by atoms with E-state index in [1.54, 1.807) is 24.1 Å². The highest BCUT2D eigenvalue weighted by molar-refractivity contribution is 14.0. The fourth-order valence-corrected chi connectivity index (χ4v) is 2.25. The first-order chi connectivity index (χ1) is 10.5. The van der Waals surface area contributed by atoms with Crippen molar-refractivity contribution in [2.24, 2.45) is 10.9 Å². The smallest absolute Gasteiger partial charge is 0.191 e. The molecule has 0 aliphatic heterocycles. The Bertz CT molecular complexity index is 487. The van der Waals surface area contributed by atoms with Gasteiger partial charge in [0.05, 0.1) is 5.69 Å². The Balaban J connectivity index is 0.00000484. The molecule has 0 radical (unpaired) electrons. The summed E-state index contributed by atoms with van der Waals surface area (Å²) in [7, 11) is 5.41. The van der Waals surface area contributed by atoms with Gasteiger partial charge in [0.1, 0.15) is 5.82 Å². The van der Waals surface area contributed by atoms with Crippen molar-refractivity contribution in [1.82, 2.24) is 10.6 Å². The molecule has 0 heterocycles. The van der Waals surface area contributed by atoms with Gasteiger partial charge >= 0.3 is 0 Å². The first-order valence-electron chi connectivity index (χ1n) is 7.92. The van der Waals surface area contributed by atoms with Gasteiger partial charge in [0, 0.05) is 34.2 Å². The molecule has 0 amide bonds. The molecule has 23 heavy (non-hydrogen) atoms. The van der Waals surface area contributed by atoms with Crippen molar-refractivity contribution in [2.75, 3.05) is 32.6 Å². The van der Waals surface area contributed by atoms with Crippen LogP contribution in [0, 0.1) is 11.7 Å². The molecule has 0 fully saturated rings. The summed E-state index contributed by atoms with van der Waals surface area (Å²) in [6, 6.07) is 5.29. The van der Waals surface area contributed by atoms with Crippen LogP contribution in [0.1, 0.15) is 32.3 Å². The molecule has 0 bridgehead atoms. The lowest BCUT2D eigenvalue weighted by Gasteiger charge is -2.17. The van der Waals surface area contributed by atoms with E-state index in [4.69, 9.17) is 0 Å². The third kappa shape index (κ3) is 7.37. The van der Waals surface area contributed by atoms with Gasteiger partial charge in [0.25, 0.3) is 0 Å². The van der Waals surface area contributed by atoms with E-state index in [-0.39, 0.29) is 29.8 Å². The van der Waals surface area contributed by atoms with E-state index in [1.165, 1.54) is 0 Å². The largest absolute Gasteiger partial charge is 0.375 e. The second-order valence-electron chi connectivity index (χ2n) is 5.67. The fourth-order valence-electron chi connectivity index (χ4n) is 2.25. The van der Waals surface area contributed by atoms with Gasteiger partial charge in [-0.1, -0.05) is 32.8 Å². The van der Waals surface area contributed by atoms with Crippen LogP contribution in [0.15, 0.2) is 23.2 Å². The topological polar surface area (TPSA) is 39.7 Å². The molecule has 0 unspecified atom stereocenters. The summed E-state index contributed by atoms with van der Waals surface area (Å²) in [6.45, 7) is 5.84. The highest BCUT2D eigenvalue weighted by Crippen LogP contribution is 2.18. The number of nitrogens with one attached hydrogen (secondary N) is 2. The molecule has 2 N–H and O–H groups in total. The van der Waals surface area contributed by atoms with Crippen LogP contribution < -0.4 is 15.5 Å². The van der Waals surface area contributed by atoms with Crippen LogP contribution >= 0.6 is 24.0 Å². The van der Waals surface area contributed by atoms with Gasteiger partial charge in [0.2, 0.25) is 0 Å². The summed E-state index contributed by atoms with van der Waals surface area (Å²) in [5.41, 5.74) is 1.49. The quantitative estimate of drug-likeness (QED) is 0.390.